The topological polar surface area (TPSA) is 107 Å². The molecule has 3 amide bonds. The van der Waals surface area contributed by atoms with Gasteiger partial charge in [-0.1, -0.05) is 41.6 Å². The molecule has 0 saturated carbocycles. The summed E-state index contributed by atoms with van der Waals surface area (Å²) in [5.74, 6) is 1.44. The van der Waals surface area contributed by atoms with Gasteiger partial charge in [0, 0.05) is 6.42 Å². The molecule has 2 aliphatic rings. The molecule has 1 atom stereocenters. The van der Waals surface area contributed by atoms with Crippen molar-refractivity contribution in [1.29, 1.82) is 0 Å². The van der Waals surface area contributed by atoms with E-state index in [2.05, 4.69) is 15.5 Å². The fourth-order valence-electron chi connectivity index (χ4n) is 3.73. The molecule has 0 bridgehead atoms. The standard InChI is InChI=1S/C22H20N4O5/c1-22(15-7-8-16-17(12-15)30-10-9-29-16)20(27)26(21(28)24-22)13-19-23-18(25-31-19)11-14-5-3-2-4-6-14/h2-8,12H,9-11,13H2,1H3,(H,24,28). The van der Waals surface area contributed by atoms with Gasteiger partial charge in [-0.2, -0.15) is 4.98 Å². The molecule has 9 nitrogen and oxygen atoms in total. The maximum absolute atomic E-state index is 13.2. The second-order valence-corrected chi connectivity index (χ2v) is 7.57. The van der Waals surface area contributed by atoms with Crippen molar-refractivity contribution < 1.29 is 23.6 Å². The number of hydrogen-bond acceptors (Lipinski definition) is 7. The molecule has 31 heavy (non-hydrogen) atoms. The predicted molar refractivity (Wildman–Crippen MR) is 107 cm³/mol. The Hall–Kier alpha value is -3.88. The highest BCUT2D eigenvalue weighted by Crippen LogP contribution is 2.37. The highest BCUT2D eigenvalue weighted by Gasteiger charge is 2.49. The van der Waals surface area contributed by atoms with Gasteiger partial charge in [0.15, 0.2) is 17.3 Å². The first-order chi connectivity index (χ1) is 15.0. The van der Waals surface area contributed by atoms with E-state index in [9.17, 15) is 9.59 Å². The number of amides is 3. The first kappa shape index (κ1) is 19.1. The first-order valence-corrected chi connectivity index (χ1v) is 9.92. The van der Waals surface area contributed by atoms with Crippen LogP contribution in [0, 0.1) is 0 Å². The Morgan fingerprint density at radius 3 is 2.65 bits per heavy atom. The number of carbonyl (C=O) groups excluding carboxylic acids is 2. The summed E-state index contributed by atoms with van der Waals surface area (Å²) in [4.78, 5) is 31.2. The Bertz CT molecular complexity index is 1150. The van der Waals surface area contributed by atoms with Gasteiger partial charge < -0.3 is 19.3 Å². The zero-order valence-corrected chi connectivity index (χ0v) is 16.8. The van der Waals surface area contributed by atoms with Crippen molar-refractivity contribution >= 4 is 11.9 Å². The van der Waals surface area contributed by atoms with Gasteiger partial charge >= 0.3 is 6.03 Å². The van der Waals surface area contributed by atoms with Gasteiger partial charge in [-0.05, 0) is 30.2 Å². The molecule has 5 rings (SSSR count). The molecular weight excluding hydrogens is 400 g/mol. The lowest BCUT2D eigenvalue weighted by Gasteiger charge is -2.25. The maximum atomic E-state index is 13.2. The maximum Gasteiger partial charge on any atom is 0.325 e. The average Bonchev–Trinajstić information content (AvgIpc) is 3.32. The number of nitrogens with one attached hydrogen (secondary N) is 1. The van der Waals surface area contributed by atoms with Crippen LogP contribution in [0.4, 0.5) is 4.79 Å². The van der Waals surface area contributed by atoms with E-state index in [1.807, 2.05) is 30.3 Å². The van der Waals surface area contributed by atoms with Crippen molar-refractivity contribution in [2.75, 3.05) is 13.2 Å². The molecule has 0 radical (unpaired) electrons. The van der Waals surface area contributed by atoms with Crippen LogP contribution in [0.25, 0.3) is 0 Å². The van der Waals surface area contributed by atoms with Crippen LogP contribution >= 0.6 is 0 Å². The third kappa shape index (κ3) is 3.48. The van der Waals surface area contributed by atoms with Crippen molar-refractivity contribution in [2.24, 2.45) is 0 Å². The number of hydrogen-bond donors (Lipinski definition) is 1. The van der Waals surface area contributed by atoms with Gasteiger partial charge in [-0.25, -0.2) is 4.79 Å². The van der Waals surface area contributed by atoms with Crippen molar-refractivity contribution in [1.82, 2.24) is 20.4 Å². The van der Waals surface area contributed by atoms with E-state index < -0.39 is 17.5 Å². The van der Waals surface area contributed by atoms with Crippen LogP contribution in [0.15, 0.2) is 53.1 Å². The third-order valence-electron chi connectivity index (χ3n) is 5.40. The second-order valence-electron chi connectivity index (χ2n) is 7.57. The molecule has 3 aromatic rings. The number of urea groups is 1. The van der Waals surface area contributed by atoms with E-state index in [0.717, 1.165) is 10.5 Å². The summed E-state index contributed by atoms with van der Waals surface area (Å²) < 4.78 is 16.4. The molecule has 9 heteroatoms. The monoisotopic (exact) mass is 420 g/mol. The van der Waals surface area contributed by atoms with E-state index in [1.54, 1.807) is 25.1 Å². The summed E-state index contributed by atoms with van der Waals surface area (Å²) >= 11 is 0. The predicted octanol–water partition coefficient (Wildman–Crippen LogP) is 2.40. The number of fused-ring (bicyclic) bond motifs is 1. The number of nitrogens with zero attached hydrogens (tertiary/aromatic N) is 3. The smallest absolute Gasteiger partial charge is 0.325 e. The van der Waals surface area contributed by atoms with E-state index in [1.165, 1.54) is 0 Å². The lowest BCUT2D eigenvalue weighted by atomic mass is 9.91. The Morgan fingerprint density at radius 1 is 1.06 bits per heavy atom. The lowest BCUT2D eigenvalue weighted by Crippen LogP contribution is -2.41. The van der Waals surface area contributed by atoms with E-state index in [-0.39, 0.29) is 12.4 Å². The van der Waals surface area contributed by atoms with Crippen LogP contribution in [0.5, 0.6) is 11.5 Å². The van der Waals surface area contributed by atoms with E-state index in [0.29, 0.717) is 42.5 Å². The summed E-state index contributed by atoms with van der Waals surface area (Å²) in [6.45, 7) is 2.46. The lowest BCUT2D eigenvalue weighted by molar-refractivity contribution is -0.131. The zero-order chi connectivity index (χ0) is 21.4. The number of benzene rings is 2. The first-order valence-electron chi connectivity index (χ1n) is 9.92. The van der Waals surface area contributed by atoms with Crippen molar-refractivity contribution in [3.8, 4) is 11.5 Å². The van der Waals surface area contributed by atoms with Gasteiger partial charge in [-0.15, -0.1) is 0 Å². The molecule has 158 valence electrons. The molecule has 0 spiro atoms. The molecule has 1 saturated heterocycles. The SMILES string of the molecule is CC1(c2ccc3c(c2)OCCO3)NC(=O)N(Cc2nc(Cc3ccccc3)no2)C1=O. The largest absolute Gasteiger partial charge is 0.486 e. The molecule has 2 aromatic carbocycles. The van der Waals surface area contributed by atoms with Crippen molar-refractivity contribution in [2.45, 2.75) is 25.4 Å². The fraction of sp³-hybridized carbons (Fsp3) is 0.273. The molecule has 1 fully saturated rings. The van der Waals surface area contributed by atoms with Gasteiger partial charge in [0.1, 0.15) is 25.3 Å². The average molecular weight is 420 g/mol. The summed E-state index contributed by atoms with van der Waals surface area (Å²) in [5.41, 5.74) is 0.406. The van der Waals surface area contributed by atoms with Crippen LogP contribution < -0.4 is 14.8 Å². The summed E-state index contributed by atoms with van der Waals surface area (Å²) in [7, 11) is 0. The quantitative estimate of drug-likeness (QED) is 0.632. The molecule has 0 aliphatic carbocycles. The normalized spacial score (nSPS) is 20.1. The number of carbonyl (C=O) groups is 2. The zero-order valence-electron chi connectivity index (χ0n) is 16.8. The van der Waals surface area contributed by atoms with E-state index >= 15 is 0 Å². The molecule has 1 N–H and O–H groups in total. The van der Waals surface area contributed by atoms with Crippen LogP contribution in [-0.4, -0.2) is 40.2 Å². The van der Waals surface area contributed by atoms with E-state index in [4.69, 9.17) is 14.0 Å². The molecule has 3 heterocycles. The Labute approximate surface area is 177 Å². The van der Waals surface area contributed by atoms with Crippen molar-refractivity contribution in [3.05, 3.63) is 71.4 Å². The summed E-state index contributed by atoms with van der Waals surface area (Å²) in [5, 5.41) is 6.73. The molecule has 2 aliphatic heterocycles. The number of aromatic nitrogens is 2. The van der Waals surface area contributed by atoms with Crippen LogP contribution in [0.2, 0.25) is 0 Å². The van der Waals surface area contributed by atoms with Gasteiger partial charge in [0.2, 0.25) is 5.89 Å². The number of ether oxygens (including phenoxy) is 2. The Kier molecular flexibility index (Phi) is 4.58. The molecule has 1 unspecified atom stereocenters. The third-order valence-corrected chi connectivity index (χ3v) is 5.40. The van der Waals surface area contributed by atoms with Gasteiger partial charge in [-0.3, -0.25) is 9.69 Å². The number of rotatable bonds is 5. The highest BCUT2D eigenvalue weighted by molar-refractivity contribution is 6.07. The van der Waals surface area contributed by atoms with Crippen LogP contribution in [0.3, 0.4) is 0 Å². The summed E-state index contributed by atoms with van der Waals surface area (Å²) in [6.07, 6.45) is 0.499. The second kappa shape index (κ2) is 7.42. The minimum atomic E-state index is -1.24. The minimum Gasteiger partial charge on any atom is -0.486 e. The fourth-order valence-corrected chi connectivity index (χ4v) is 3.73. The Morgan fingerprint density at radius 2 is 1.84 bits per heavy atom. The molecular formula is C22H20N4O5. The Balaban J connectivity index is 1.34. The van der Waals surface area contributed by atoms with Crippen LogP contribution in [-0.2, 0) is 23.3 Å². The highest BCUT2D eigenvalue weighted by atomic mass is 16.6. The van der Waals surface area contributed by atoms with Crippen molar-refractivity contribution in [3.63, 3.8) is 0 Å². The van der Waals surface area contributed by atoms with Crippen LogP contribution in [0.1, 0.15) is 29.8 Å². The van der Waals surface area contributed by atoms with Gasteiger partial charge in [0.25, 0.3) is 5.91 Å². The van der Waals surface area contributed by atoms with Gasteiger partial charge in [0.05, 0.1) is 0 Å². The summed E-state index contributed by atoms with van der Waals surface area (Å²) in [6, 6.07) is 14.4. The minimum absolute atomic E-state index is 0.105. The number of imide groups is 1. The molecule has 1 aromatic heterocycles.